The molecule has 0 aliphatic carbocycles. The van der Waals surface area contributed by atoms with Crippen LogP contribution in [0.2, 0.25) is 0 Å². The molecule has 0 saturated heterocycles. The number of hydrogen-bond acceptors (Lipinski definition) is 3. The quantitative estimate of drug-likeness (QED) is 0.882. The number of pyridine rings is 1. The Bertz CT molecular complexity index is 569. The number of nitrogens with one attached hydrogen (secondary N) is 1. The van der Waals surface area contributed by atoms with Gasteiger partial charge in [0, 0.05) is 29.6 Å². The predicted molar refractivity (Wildman–Crippen MR) is 71.3 cm³/mol. The highest BCUT2D eigenvalue weighted by Crippen LogP contribution is 2.11. The standard InChI is InChI=1S/C14H14FN3O/c15-11-1-3-12(4-2-11)18-14(19)10-6-8-17-13(9-10)5-7-16/h1-4,6,8-9H,5,7,16H2,(H,18,19). The summed E-state index contributed by atoms with van der Waals surface area (Å²) >= 11 is 0. The summed E-state index contributed by atoms with van der Waals surface area (Å²) in [6.45, 7) is 0.482. The lowest BCUT2D eigenvalue weighted by atomic mass is 10.2. The highest BCUT2D eigenvalue weighted by Gasteiger charge is 2.07. The molecule has 0 saturated carbocycles. The molecule has 0 spiro atoms. The van der Waals surface area contributed by atoms with E-state index < -0.39 is 0 Å². The summed E-state index contributed by atoms with van der Waals surface area (Å²) in [6, 6.07) is 8.93. The molecule has 0 bridgehead atoms. The summed E-state index contributed by atoms with van der Waals surface area (Å²) in [4.78, 5) is 16.1. The first-order valence-corrected chi connectivity index (χ1v) is 5.91. The Morgan fingerprint density at radius 1 is 1.26 bits per heavy atom. The van der Waals surface area contributed by atoms with Crippen molar-refractivity contribution in [1.82, 2.24) is 4.98 Å². The van der Waals surface area contributed by atoms with Gasteiger partial charge in [0.25, 0.3) is 5.91 Å². The maximum absolute atomic E-state index is 12.8. The van der Waals surface area contributed by atoms with E-state index in [-0.39, 0.29) is 11.7 Å². The maximum atomic E-state index is 12.8. The van der Waals surface area contributed by atoms with Gasteiger partial charge >= 0.3 is 0 Å². The van der Waals surface area contributed by atoms with Crippen molar-refractivity contribution in [2.45, 2.75) is 6.42 Å². The van der Waals surface area contributed by atoms with E-state index in [1.54, 1.807) is 18.3 Å². The molecular weight excluding hydrogens is 245 g/mol. The summed E-state index contributed by atoms with van der Waals surface area (Å²) in [5, 5.41) is 2.69. The molecule has 1 aromatic heterocycles. The van der Waals surface area contributed by atoms with Crippen molar-refractivity contribution in [1.29, 1.82) is 0 Å². The van der Waals surface area contributed by atoms with Crippen LogP contribution in [0.5, 0.6) is 0 Å². The fourth-order valence-corrected chi connectivity index (χ4v) is 1.64. The van der Waals surface area contributed by atoms with Gasteiger partial charge in [0.05, 0.1) is 0 Å². The number of halogens is 1. The van der Waals surface area contributed by atoms with E-state index in [2.05, 4.69) is 10.3 Å². The molecule has 1 amide bonds. The van der Waals surface area contributed by atoms with Crippen molar-refractivity contribution >= 4 is 11.6 Å². The Hall–Kier alpha value is -2.27. The number of rotatable bonds is 4. The molecule has 2 aromatic rings. The van der Waals surface area contributed by atoms with Crippen LogP contribution >= 0.6 is 0 Å². The summed E-state index contributed by atoms with van der Waals surface area (Å²) in [7, 11) is 0. The third-order valence-corrected chi connectivity index (χ3v) is 2.58. The molecule has 0 aliphatic rings. The first-order valence-electron chi connectivity index (χ1n) is 5.91. The first-order chi connectivity index (χ1) is 9.19. The third-order valence-electron chi connectivity index (χ3n) is 2.58. The van der Waals surface area contributed by atoms with Crippen LogP contribution in [0.3, 0.4) is 0 Å². The number of carbonyl (C=O) groups is 1. The van der Waals surface area contributed by atoms with E-state index >= 15 is 0 Å². The van der Waals surface area contributed by atoms with E-state index in [4.69, 9.17) is 5.73 Å². The third kappa shape index (κ3) is 3.59. The lowest BCUT2D eigenvalue weighted by Crippen LogP contribution is -2.13. The van der Waals surface area contributed by atoms with E-state index in [0.29, 0.717) is 24.2 Å². The molecule has 2 rings (SSSR count). The first kappa shape index (κ1) is 13.2. The lowest BCUT2D eigenvalue weighted by Gasteiger charge is -2.06. The van der Waals surface area contributed by atoms with Gasteiger partial charge in [-0.3, -0.25) is 9.78 Å². The zero-order valence-electron chi connectivity index (χ0n) is 10.3. The Morgan fingerprint density at radius 3 is 2.68 bits per heavy atom. The number of carbonyl (C=O) groups excluding carboxylic acids is 1. The van der Waals surface area contributed by atoms with Crippen LogP contribution in [0.4, 0.5) is 10.1 Å². The largest absolute Gasteiger partial charge is 0.330 e. The minimum atomic E-state index is -0.341. The van der Waals surface area contributed by atoms with Gasteiger partial charge < -0.3 is 11.1 Å². The lowest BCUT2D eigenvalue weighted by molar-refractivity contribution is 0.102. The fourth-order valence-electron chi connectivity index (χ4n) is 1.64. The van der Waals surface area contributed by atoms with E-state index in [9.17, 15) is 9.18 Å². The minimum absolute atomic E-state index is 0.257. The van der Waals surface area contributed by atoms with Crippen LogP contribution in [0.1, 0.15) is 16.1 Å². The van der Waals surface area contributed by atoms with Gasteiger partial charge in [-0.25, -0.2) is 4.39 Å². The topological polar surface area (TPSA) is 68.0 Å². The van der Waals surface area contributed by atoms with Crippen LogP contribution in [0, 0.1) is 5.82 Å². The molecule has 0 fully saturated rings. The minimum Gasteiger partial charge on any atom is -0.330 e. The summed E-state index contributed by atoms with van der Waals surface area (Å²) in [5.41, 5.74) is 7.27. The molecule has 5 heteroatoms. The highest BCUT2D eigenvalue weighted by molar-refractivity contribution is 6.04. The van der Waals surface area contributed by atoms with Crippen LogP contribution in [0.25, 0.3) is 0 Å². The summed E-state index contributed by atoms with van der Waals surface area (Å²) in [6.07, 6.45) is 2.20. The molecule has 0 unspecified atom stereocenters. The molecule has 0 atom stereocenters. The molecule has 1 aromatic carbocycles. The Morgan fingerprint density at radius 2 is 2.00 bits per heavy atom. The molecule has 19 heavy (non-hydrogen) atoms. The van der Waals surface area contributed by atoms with Crippen LogP contribution in [-0.2, 0) is 6.42 Å². The van der Waals surface area contributed by atoms with Crippen molar-refractivity contribution in [3.05, 3.63) is 59.7 Å². The Kier molecular flexibility index (Phi) is 4.20. The van der Waals surface area contributed by atoms with Gasteiger partial charge in [0.1, 0.15) is 5.82 Å². The average Bonchev–Trinajstić information content (AvgIpc) is 2.42. The number of aromatic nitrogens is 1. The number of anilines is 1. The molecular formula is C14H14FN3O. The molecule has 3 N–H and O–H groups in total. The monoisotopic (exact) mass is 259 g/mol. The predicted octanol–water partition coefficient (Wildman–Crippen LogP) is 1.97. The number of hydrogen-bond donors (Lipinski definition) is 2. The number of nitrogens with zero attached hydrogens (tertiary/aromatic N) is 1. The van der Waals surface area contributed by atoms with Gasteiger partial charge in [-0.15, -0.1) is 0 Å². The second kappa shape index (κ2) is 6.06. The summed E-state index contributed by atoms with van der Waals surface area (Å²) in [5.74, 6) is -0.598. The van der Waals surface area contributed by atoms with Crippen molar-refractivity contribution in [3.8, 4) is 0 Å². The molecule has 4 nitrogen and oxygen atoms in total. The van der Waals surface area contributed by atoms with Crippen LogP contribution < -0.4 is 11.1 Å². The van der Waals surface area contributed by atoms with Gasteiger partial charge in [0.2, 0.25) is 0 Å². The Balaban J connectivity index is 2.11. The van der Waals surface area contributed by atoms with Gasteiger partial charge in [0.15, 0.2) is 0 Å². The molecule has 0 radical (unpaired) electrons. The average molecular weight is 259 g/mol. The SMILES string of the molecule is NCCc1cc(C(=O)Nc2ccc(F)cc2)ccn1. The van der Waals surface area contributed by atoms with Gasteiger partial charge in [-0.1, -0.05) is 0 Å². The van der Waals surface area contributed by atoms with Crippen LogP contribution in [0.15, 0.2) is 42.6 Å². The molecule has 1 heterocycles. The molecule has 98 valence electrons. The summed E-state index contributed by atoms with van der Waals surface area (Å²) < 4.78 is 12.8. The fraction of sp³-hybridized carbons (Fsp3) is 0.143. The zero-order chi connectivity index (χ0) is 13.7. The zero-order valence-corrected chi connectivity index (χ0v) is 10.3. The highest BCUT2D eigenvalue weighted by atomic mass is 19.1. The van der Waals surface area contributed by atoms with E-state index in [1.165, 1.54) is 24.3 Å². The number of benzene rings is 1. The Labute approximate surface area is 110 Å². The second-order valence-electron chi connectivity index (χ2n) is 4.04. The molecule has 0 aliphatic heterocycles. The number of amides is 1. The van der Waals surface area contributed by atoms with Crippen LogP contribution in [-0.4, -0.2) is 17.4 Å². The number of nitrogens with two attached hydrogens (primary N) is 1. The van der Waals surface area contributed by atoms with Gasteiger partial charge in [-0.2, -0.15) is 0 Å². The smallest absolute Gasteiger partial charge is 0.255 e. The van der Waals surface area contributed by atoms with Crippen molar-refractivity contribution in [3.63, 3.8) is 0 Å². The van der Waals surface area contributed by atoms with Gasteiger partial charge in [-0.05, 0) is 42.9 Å². The van der Waals surface area contributed by atoms with E-state index in [1.807, 2.05) is 0 Å². The normalized spacial score (nSPS) is 10.2. The maximum Gasteiger partial charge on any atom is 0.255 e. The van der Waals surface area contributed by atoms with Crippen molar-refractivity contribution in [2.24, 2.45) is 5.73 Å². The van der Waals surface area contributed by atoms with Crippen molar-refractivity contribution in [2.75, 3.05) is 11.9 Å². The second-order valence-corrected chi connectivity index (χ2v) is 4.04. The van der Waals surface area contributed by atoms with Crippen molar-refractivity contribution < 1.29 is 9.18 Å². The van der Waals surface area contributed by atoms with E-state index in [0.717, 1.165) is 5.69 Å².